The van der Waals surface area contributed by atoms with Crippen molar-refractivity contribution in [1.29, 1.82) is 0 Å². The molecule has 0 aliphatic carbocycles. The van der Waals surface area contributed by atoms with Crippen LogP contribution < -0.4 is 10.6 Å². The molecule has 2 aliphatic heterocycles. The van der Waals surface area contributed by atoms with E-state index in [1.165, 1.54) is 4.90 Å². The molecule has 1 saturated heterocycles. The van der Waals surface area contributed by atoms with Gasteiger partial charge >= 0.3 is 12.1 Å². The second-order valence-electron chi connectivity index (χ2n) is 10.5. The second kappa shape index (κ2) is 12.0. The van der Waals surface area contributed by atoms with E-state index in [9.17, 15) is 24.0 Å². The Labute approximate surface area is 232 Å². The molecule has 4 rings (SSSR count). The van der Waals surface area contributed by atoms with Gasteiger partial charge in [-0.15, -0.1) is 0 Å². The van der Waals surface area contributed by atoms with E-state index < -0.39 is 35.7 Å². The third-order valence-corrected chi connectivity index (χ3v) is 6.31. The molecule has 2 aromatic rings. The van der Waals surface area contributed by atoms with Crippen LogP contribution in [0.15, 0.2) is 48.5 Å². The van der Waals surface area contributed by atoms with E-state index >= 15 is 0 Å². The molecule has 0 spiro atoms. The van der Waals surface area contributed by atoms with Gasteiger partial charge in [0.25, 0.3) is 5.91 Å². The van der Waals surface area contributed by atoms with Crippen LogP contribution >= 0.6 is 0 Å². The fourth-order valence-corrected chi connectivity index (χ4v) is 4.42. The molecule has 1 fully saturated rings. The number of nitrogens with zero attached hydrogens (tertiary/aromatic N) is 1. The van der Waals surface area contributed by atoms with Gasteiger partial charge in [0.05, 0.1) is 0 Å². The number of amides is 4. The van der Waals surface area contributed by atoms with Gasteiger partial charge in [0.1, 0.15) is 24.3 Å². The zero-order valence-corrected chi connectivity index (χ0v) is 22.6. The Morgan fingerprint density at radius 2 is 1.85 bits per heavy atom. The van der Waals surface area contributed by atoms with Gasteiger partial charge in [0.15, 0.2) is 0 Å². The van der Waals surface area contributed by atoms with Crippen molar-refractivity contribution in [2.24, 2.45) is 0 Å². The quantitative estimate of drug-likeness (QED) is 0.324. The van der Waals surface area contributed by atoms with Crippen LogP contribution in [-0.4, -0.2) is 52.4 Å². The monoisotopic (exact) mass is 545 g/mol. The van der Waals surface area contributed by atoms with Crippen molar-refractivity contribution < 1.29 is 33.4 Å². The largest absolute Gasteiger partial charge is 0.459 e. The summed E-state index contributed by atoms with van der Waals surface area (Å²) in [6.45, 7) is 5.34. The lowest BCUT2D eigenvalue weighted by Gasteiger charge is -2.29. The molecule has 2 heterocycles. The first-order valence-corrected chi connectivity index (χ1v) is 13.0. The number of carbonyl (C=O) groups excluding carboxylic acids is 5. The Morgan fingerprint density at radius 1 is 1.10 bits per heavy atom. The number of imide groups is 1. The van der Waals surface area contributed by atoms with E-state index in [0.29, 0.717) is 16.7 Å². The summed E-state index contributed by atoms with van der Waals surface area (Å²) in [5.74, 6) is 4.12. The summed E-state index contributed by atoms with van der Waals surface area (Å²) in [6, 6.07) is 12.4. The molecule has 0 saturated carbocycles. The molecule has 40 heavy (non-hydrogen) atoms. The van der Waals surface area contributed by atoms with E-state index in [-0.39, 0.29) is 44.2 Å². The van der Waals surface area contributed by atoms with Crippen molar-refractivity contribution in [3.63, 3.8) is 0 Å². The number of carbonyl (C=O) groups is 5. The first kappa shape index (κ1) is 28.4. The van der Waals surface area contributed by atoms with Crippen molar-refractivity contribution in [3.05, 3.63) is 70.8 Å². The van der Waals surface area contributed by atoms with E-state index in [4.69, 9.17) is 9.47 Å². The highest BCUT2D eigenvalue weighted by Gasteiger charge is 2.39. The van der Waals surface area contributed by atoms with Crippen LogP contribution in [-0.2, 0) is 37.0 Å². The third kappa shape index (κ3) is 7.05. The predicted molar refractivity (Wildman–Crippen MR) is 143 cm³/mol. The Hall–Kier alpha value is -4.65. The van der Waals surface area contributed by atoms with Crippen molar-refractivity contribution >= 4 is 29.8 Å². The maximum atomic E-state index is 13.1. The molecule has 0 aromatic heterocycles. The lowest BCUT2D eigenvalue weighted by Crippen LogP contribution is -2.52. The molecular formula is C30H31N3O7. The number of alkyl carbamates (subject to hydrolysis) is 1. The molecule has 0 bridgehead atoms. The van der Waals surface area contributed by atoms with Crippen LogP contribution in [0.4, 0.5) is 4.79 Å². The van der Waals surface area contributed by atoms with E-state index in [2.05, 4.69) is 22.5 Å². The van der Waals surface area contributed by atoms with E-state index in [1.807, 2.05) is 30.3 Å². The minimum Gasteiger partial charge on any atom is -0.459 e. The Morgan fingerprint density at radius 3 is 2.55 bits per heavy atom. The number of hydrogen-bond acceptors (Lipinski definition) is 7. The second-order valence-corrected chi connectivity index (χ2v) is 10.5. The fraction of sp³-hybridized carbons (Fsp3) is 0.367. The Balaban J connectivity index is 1.49. The average Bonchev–Trinajstić information content (AvgIpc) is 3.23. The number of fused-ring (bicyclic) bond motifs is 1. The van der Waals surface area contributed by atoms with Crippen molar-refractivity contribution in [3.8, 4) is 11.8 Å². The summed E-state index contributed by atoms with van der Waals surface area (Å²) >= 11 is 0. The van der Waals surface area contributed by atoms with Crippen LogP contribution in [0.25, 0.3) is 0 Å². The standard InChI is InChI=1S/C30H31N3O7/c1-30(2,3)40-29(38)31-23(28(37)39-18-19-9-5-4-6-10-19)14-8-12-20-11-7-13-21-22(20)17-33(27(21)36)24-15-16-25(34)32-26(24)35/h4-7,9-11,13,23-24H,14-18H2,1-3H3,(H,31,38)(H,32,34,35)/t23-,24?/m1/s1. The van der Waals surface area contributed by atoms with Crippen LogP contribution in [0.5, 0.6) is 0 Å². The molecule has 1 unspecified atom stereocenters. The molecular weight excluding hydrogens is 514 g/mol. The maximum absolute atomic E-state index is 13.1. The molecule has 2 aromatic carbocycles. The number of benzene rings is 2. The summed E-state index contributed by atoms with van der Waals surface area (Å²) in [5, 5.41) is 4.83. The number of ether oxygens (including phenoxy) is 2. The normalized spacial score (nSPS) is 17.2. The van der Waals surface area contributed by atoms with Gasteiger partial charge in [-0.25, -0.2) is 9.59 Å². The Bertz CT molecular complexity index is 1390. The SMILES string of the molecule is CC(C)(C)OC(=O)N[C@H](CC#Cc1cccc2c1CN(C1CCC(=O)NC1=O)C2=O)C(=O)OCc1ccccc1. The molecule has 0 radical (unpaired) electrons. The zero-order chi connectivity index (χ0) is 28.9. The Kier molecular flexibility index (Phi) is 8.53. The zero-order valence-electron chi connectivity index (χ0n) is 22.6. The number of nitrogens with one attached hydrogen (secondary N) is 2. The minimum absolute atomic E-state index is 0.0318. The topological polar surface area (TPSA) is 131 Å². The maximum Gasteiger partial charge on any atom is 0.408 e. The van der Waals surface area contributed by atoms with Gasteiger partial charge in [-0.1, -0.05) is 48.2 Å². The third-order valence-electron chi connectivity index (χ3n) is 6.31. The molecule has 2 N–H and O–H groups in total. The number of esters is 1. The lowest BCUT2D eigenvalue weighted by atomic mass is 10.0. The smallest absolute Gasteiger partial charge is 0.408 e. The molecule has 2 aliphatic rings. The molecule has 208 valence electrons. The lowest BCUT2D eigenvalue weighted by molar-refractivity contribution is -0.147. The van der Waals surface area contributed by atoms with Gasteiger partial charge in [-0.2, -0.15) is 0 Å². The summed E-state index contributed by atoms with van der Waals surface area (Å²) in [6.07, 6.45) is -0.423. The van der Waals surface area contributed by atoms with Crippen LogP contribution in [0.1, 0.15) is 67.1 Å². The van der Waals surface area contributed by atoms with Gasteiger partial charge in [-0.3, -0.25) is 19.7 Å². The summed E-state index contributed by atoms with van der Waals surface area (Å²) in [7, 11) is 0. The molecule has 10 heteroatoms. The van der Waals surface area contributed by atoms with Crippen LogP contribution in [0.3, 0.4) is 0 Å². The first-order chi connectivity index (χ1) is 19.0. The predicted octanol–water partition coefficient (Wildman–Crippen LogP) is 2.83. The number of rotatable bonds is 6. The van der Waals surface area contributed by atoms with E-state index in [0.717, 1.165) is 5.56 Å². The molecule has 4 amide bonds. The number of hydrogen-bond donors (Lipinski definition) is 2. The van der Waals surface area contributed by atoms with Gasteiger partial charge in [0.2, 0.25) is 11.8 Å². The van der Waals surface area contributed by atoms with Gasteiger partial charge < -0.3 is 19.7 Å². The summed E-state index contributed by atoms with van der Waals surface area (Å²) in [5.41, 5.74) is 1.69. The summed E-state index contributed by atoms with van der Waals surface area (Å²) in [4.78, 5) is 63.7. The number of piperidine rings is 1. The van der Waals surface area contributed by atoms with Crippen molar-refractivity contribution in [2.45, 2.75) is 70.9 Å². The van der Waals surface area contributed by atoms with Crippen molar-refractivity contribution in [1.82, 2.24) is 15.5 Å². The molecule has 2 atom stereocenters. The highest BCUT2D eigenvalue weighted by atomic mass is 16.6. The summed E-state index contributed by atoms with van der Waals surface area (Å²) < 4.78 is 10.7. The highest BCUT2D eigenvalue weighted by Crippen LogP contribution is 2.29. The van der Waals surface area contributed by atoms with Gasteiger partial charge in [-0.05, 0) is 50.5 Å². The van der Waals surface area contributed by atoms with Crippen LogP contribution in [0.2, 0.25) is 0 Å². The fourth-order valence-electron chi connectivity index (χ4n) is 4.42. The van der Waals surface area contributed by atoms with E-state index in [1.54, 1.807) is 39.0 Å². The van der Waals surface area contributed by atoms with Crippen LogP contribution in [0, 0.1) is 11.8 Å². The minimum atomic E-state index is -1.09. The highest BCUT2D eigenvalue weighted by molar-refractivity contribution is 6.05. The average molecular weight is 546 g/mol. The van der Waals surface area contributed by atoms with Gasteiger partial charge in [0, 0.05) is 30.5 Å². The molecule has 10 nitrogen and oxygen atoms in total. The van der Waals surface area contributed by atoms with Crippen molar-refractivity contribution in [2.75, 3.05) is 0 Å². The first-order valence-electron chi connectivity index (χ1n) is 13.0.